The van der Waals surface area contributed by atoms with Crippen LogP contribution in [0, 0.1) is 13.8 Å². The molecule has 0 N–H and O–H groups in total. The van der Waals surface area contributed by atoms with Gasteiger partial charge in [-0.05, 0) is 49.1 Å². The highest BCUT2D eigenvalue weighted by atomic mass is 35.5. The lowest BCUT2D eigenvalue weighted by molar-refractivity contribution is 0.0302. The predicted octanol–water partition coefficient (Wildman–Crippen LogP) is 6.87. The number of aryl methyl sites for hydroxylation is 2. The fraction of sp³-hybridized carbons (Fsp3) is 0.265. The van der Waals surface area contributed by atoms with E-state index in [0.29, 0.717) is 65.8 Å². The van der Waals surface area contributed by atoms with Crippen molar-refractivity contribution in [3.63, 3.8) is 0 Å². The summed E-state index contributed by atoms with van der Waals surface area (Å²) in [5.74, 6) is -0.635. The quantitative estimate of drug-likeness (QED) is 0.217. The number of morpholine rings is 1. The molecule has 1 fully saturated rings. The maximum atomic E-state index is 13.8. The average Bonchev–Trinajstić information content (AvgIpc) is 3.00. The van der Waals surface area contributed by atoms with E-state index in [1.165, 1.54) is 0 Å². The first-order valence-corrected chi connectivity index (χ1v) is 14.2. The van der Waals surface area contributed by atoms with Crippen molar-refractivity contribution in [2.24, 2.45) is 0 Å². The number of benzene rings is 3. The molecule has 7 heteroatoms. The highest BCUT2D eigenvalue weighted by Crippen LogP contribution is 2.35. The first-order chi connectivity index (χ1) is 19.9. The normalized spacial score (nSPS) is 13.3. The van der Waals surface area contributed by atoms with Gasteiger partial charge in [-0.2, -0.15) is 0 Å². The number of hydrogen-bond donors (Lipinski definition) is 0. The minimum absolute atomic E-state index is 0.0632. The topological polar surface area (TPSA) is 68.7 Å². The van der Waals surface area contributed by atoms with Gasteiger partial charge in [0.05, 0.1) is 42.3 Å². The summed E-state index contributed by atoms with van der Waals surface area (Å²) in [6.45, 7) is 5.65. The molecule has 0 bridgehead atoms. The molecule has 4 aromatic rings. The van der Waals surface area contributed by atoms with Crippen LogP contribution in [0.5, 0.6) is 0 Å². The van der Waals surface area contributed by atoms with Gasteiger partial charge < -0.3 is 14.4 Å². The van der Waals surface area contributed by atoms with Crippen LogP contribution >= 0.6 is 11.6 Å². The first-order valence-electron chi connectivity index (χ1n) is 13.8. The predicted molar refractivity (Wildman–Crippen MR) is 161 cm³/mol. The second kappa shape index (κ2) is 13.1. The maximum Gasteiger partial charge on any atom is 0.340 e. The molecular formula is C34H33ClN2O4. The van der Waals surface area contributed by atoms with Crippen molar-refractivity contribution in [2.45, 2.75) is 26.2 Å². The fourth-order valence-electron chi connectivity index (χ4n) is 5.46. The largest absolute Gasteiger partial charge is 0.462 e. The van der Waals surface area contributed by atoms with Crippen molar-refractivity contribution in [3.05, 3.63) is 124 Å². The third-order valence-electron chi connectivity index (χ3n) is 7.43. The van der Waals surface area contributed by atoms with E-state index < -0.39 is 5.97 Å². The van der Waals surface area contributed by atoms with Crippen LogP contribution in [-0.4, -0.2) is 54.7 Å². The van der Waals surface area contributed by atoms with Crippen LogP contribution in [0.3, 0.4) is 0 Å². The summed E-state index contributed by atoms with van der Waals surface area (Å²) in [4.78, 5) is 34.1. The van der Waals surface area contributed by atoms with E-state index in [9.17, 15) is 9.59 Å². The summed E-state index contributed by atoms with van der Waals surface area (Å²) in [5.41, 5.74) is 5.20. The second-order valence-corrected chi connectivity index (χ2v) is 10.6. The molecule has 3 aromatic carbocycles. The third kappa shape index (κ3) is 6.50. The van der Waals surface area contributed by atoms with E-state index in [4.69, 9.17) is 21.1 Å². The van der Waals surface area contributed by atoms with Crippen LogP contribution in [-0.2, 0) is 9.47 Å². The number of carbonyl (C=O) groups excluding carboxylic acids is 2. The molecule has 0 aliphatic carbocycles. The number of pyridine rings is 1. The van der Waals surface area contributed by atoms with E-state index >= 15 is 0 Å². The van der Waals surface area contributed by atoms with Gasteiger partial charge in [0.25, 0.3) is 5.91 Å². The van der Waals surface area contributed by atoms with Crippen LogP contribution in [0.1, 0.15) is 55.6 Å². The monoisotopic (exact) mass is 568 g/mol. The molecule has 210 valence electrons. The zero-order valence-electron chi connectivity index (χ0n) is 23.3. The van der Waals surface area contributed by atoms with Gasteiger partial charge in [0.15, 0.2) is 0 Å². The third-order valence-corrected chi connectivity index (χ3v) is 7.67. The van der Waals surface area contributed by atoms with E-state index in [0.717, 1.165) is 11.1 Å². The summed E-state index contributed by atoms with van der Waals surface area (Å²) in [7, 11) is 0. The summed E-state index contributed by atoms with van der Waals surface area (Å²) < 4.78 is 11.4. The highest BCUT2D eigenvalue weighted by molar-refractivity contribution is 6.31. The first kappa shape index (κ1) is 28.5. The molecule has 0 radical (unpaired) electrons. The Hall–Kier alpha value is -4.00. The lowest BCUT2D eigenvalue weighted by Crippen LogP contribution is -2.41. The fourth-order valence-corrected chi connectivity index (χ4v) is 5.65. The van der Waals surface area contributed by atoms with Crippen molar-refractivity contribution >= 4 is 23.5 Å². The molecule has 0 spiro atoms. The van der Waals surface area contributed by atoms with Gasteiger partial charge >= 0.3 is 5.97 Å². The van der Waals surface area contributed by atoms with Gasteiger partial charge in [-0.25, -0.2) is 4.79 Å². The Kier molecular flexibility index (Phi) is 9.12. The number of ether oxygens (including phenoxy) is 2. The Morgan fingerprint density at radius 3 is 2.10 bits per heavy atom. The minimum atomic E-state index is -0.513. The van der Waals surface area contributed by atoms with Gasteiger partial charge in [0.2, 0.25) is 0 Å². The molecule has 1 aliphatic heterocycles. The van der Waals surface area contributed by atoms with E-state index in [1.54, 1.807) is 30.9 Å². The lowest BCUT2D eigenvalue weighted by atomic mass is 9.89. The van der Waals surface area contributed by atoms with Crippen LogP contribution in [0.4, 0.5) is 0 Å². The van der Waals surface area contributed by atoms with Crippen molar-refractivity contribution in [2.75, 3.05) is 32.9 Å². The average molecular weight is 569 g/mol. The number of aromatic nitrogens is 1. The number of amides is 1. The number of carbonyl (C=O) groups is 2. The molecular weight excluding hydrogens is 536 g/mol. The zero-order valence-corrected chi connectivity index (χ0v) is 24.1. The summed E-state index contributed by atoms with van der Waals surface area (Å²) in [5, 5.41) is 0.507. The summed E-state index contributed by atoms with van der Waals surface area (Å²) >= 11 is 6.38. The maximum absolute atomic E-state index is 13.8. The van der Waals surface area contributed by atoms with E-state index in [-0.39, 0.29) is 24.0 Å². The number of esters is 1. The Balaban J connectivity index is 1.49. The Labute approximate surface area is 245 Å². The second-order valence-electron chi connectivity index (χ2n) is 10.1. The van der Waals surface area contributed by atoms with Gasteiger partial charge in [-0.3, -0.25) is 9.78 Å². The van der Waals surface area contributed by atoms with Crippen molar-refractivity contribution in [1.82, 2.24) is 9.88 Å². The van der Waals surface area contributed by atoms with E-state index in [1.807, 2.05) is 48.5 Å². The van der Waals surface area contributed by atoms with Gasteiger partial charge in [-0.1, -0.05) is 84.4 Å². The Morgan fingerprint density at radius 1 is 0.878 bits per heavy atom. The molecule has 0 saturated carbocycles. The molecule has 5 rings (SSSR count). The summed E-state index contributed by atoms with van der Waals surface area (Å²) in [6, 6.07) is 27.6. The van der Waals surface area contributed by atoms with Crippen molar-refractivity contribution in [1.29, 1.82) is 0 Å². The van der Waals surface area contributed by atoms with Crippen molar-refractivity contribution < 1.29 is 19.1 Å². The number of hydrogen-bond acceptors (Lipinski definition) is 5. The Morgan fingerprint density at radius 2 is 1.49 bits per heavy atom. The number of rotatable bonds is 8. The van der Waals surface area contributed by atoms with E-state index in [2.05, 4.69) is 29.2 Å². The number of halogens is 1. The molecule has 6 nitrogen and oxygen atoms in total. The van der Waals surface area contributed by atoms with Gasteiger partial charge in [-0.15, -0.1) is 0 Å². The lowest BCUT2D eigenvalue weighted by Gasteiger charge is -2.29. The summed E-state index contributed by atoms with van der Waals surface area (Å²) in [6.07, 6.45) is 0.601. The molecule has 2 heterocycles. The van der Waals surface area contributed by atoms with Crippen LogP contribution in [0.15, 0.2) is 84.9 Å². The van der Waals surface area contributed by atoms with Gasteiger partial charge in [0, 0.05) is 29.6 Å². The van der Waals surface area contributed by atoms with Crippen molar-refractivity contribution in [3.8, 4) is 11.1 Å². The molecule has 41 heavy (non-hydrogen) atoms. The molecule has 0 unspecified atom stereocenters. The Bertz CT molecular complexity index is 1480. The molecule has 1 amide bonds. The minimum Gasteiger partial charge on any atom is -0.462 e. The van der Waals surface area contributed by atoms with Gasteiger partial charge in [0.1, 0.15) is 0 Å². The molecule has 0 atom stereocenters. The SMILES string of the molecule is Cc1nc(C)c(C(=O)N2CCOCC2)c(-c2cccc(Cl)c2)c1C(=O)OCCC(c1ccccc1)c1ccccc1. The number of nitrogens with zero attached hydrogens (tertiary/aromatic N) is 2. The molecule has 1 aliphatic rings. The van der Waals surface area contributed by atoms with Crippen LogP contribution in [0.25, 0.3) is 11.1 Å². The zero-order chi connectivity index (χ0) is 28.8. The van der Waals surface area contributed by atoms with Crippen LogP contribution < -0.4 is 0 Å². The smallest absolute Gasteiger partial charge is 0.340 e. The van der Waals surface area contributed by atoms with Crippen LogP contribution in [0.2, 0.25) is 5.02 Å². The standard InChI is InChI=1S/C34H33ClN2O4/c1-23-30(33(38)37-17-20-40-21-18-37)32(27-14-9-15-28(35)22-27)31(24(2)36-23)34(39)41-19-16-29(25-10-5-3-6-11-25)26-12-7-4-8-13-26/h3-15,22,29H,16-21H2,1-2H3. The molecule has 1 aromatic heterocycles. The highest BCUT2D eigenvalue weighted by Gasteiger charge is 2.30. The molecule has 1 saturated heterocycles.